The van der Waals surface area contributed by atoms with Gasteiger partial charge in [0, 0.05) is 18.4 Å². The van der Waals surface area contributed by atoms with E-state index in [1.165, 1.54) is 30.4 Å². The van der Waals surface area contributed by atoms with E-state index in [-0.39, 0.29) is 0 Å². The molecular weight excluding hydrogens is 220 g/mol. The lowest BCUT2D eigenvalue weighted by molar-refractivity contribution is 0.340. The maximum atomic E-state index is 4.26. The molecule has 1 rings (SSSR count). The number of nitrogens with one attached hydrogen (secondary N) is 1. The van der Waals surface area contributed by atoms with Gasteiger partial charge in [-0.15, -0.1) is 0 Å². The van der Waals surface area contributed by atoms with Crippen LogP contribution in [-0.4, -0.2) is 11.5 Å². The Bertz CT molecular complexity index is 332. The molecule has 1 heterocycles. The lowest BCUT2D eigenvalue weighted by Crippen LogP contribution is -2.29. The van der Waals surface area contributed by atoms with Crippen molar-refractivity contribution >= 4 is 0 Å². The fourth-order valence-electron chi connectivity index (χ4n) is 2.63. The maximum Gasteiger partial charge on any atom is 0.0352 e. The fourth-order valence-corrected chi connectivity index (χ4v) is 2.63. The summed E-state index contributed by atoms with van der Waals surface area (Å²) in [6.45, 7) is 10.1. The van der Waals surface area contributed by atoms with Crippen molar-refractivity contribution in [2.75, 3.05) is 6.54 Å². The van der Waals surface area contributed by atoms with Crippen molar-refractivity contribution in [2.45, 2.75) is 59.4 Å². The van der Waals surface area contributed by atoms with Gasteiger partial charge >= 0.3 is 0 Å². The second-order valence-corrected chi connectivity index (χ2v) is 4.94. The van der Waals surface area contributed by atoms with Crippen molar-refractivity contribution in [3.63, 3.8) is 0 Å². The number of nitrogens with zero attached hydrogens (tertiary/aromatic N) is 1. The van der Waals surface area contributed by atoms with Crippen LogP contribution in [0.25, 0.3) is 0 Å². The molecule has 0 bridgehead atoms. The van der Waals surface area contributed by atoms with E-state index in [2.05, 4.69) is 44.1 Å². The van der Waals surface area contributed by atoms with E-state index in [9.17, 15) is 0 Å². The van der Waals surface area contributed by atoms with Crippen LogP contribution in [0, 0.1) is 5.92 Å². The Morgan fingerprint density at radius 1 is 1.17 bits per heavy atom. The first-order chi connectivity index (χ1) is 8.78. The topological polar surface area (TPSA) is 24.9 Å². The van der Waals surface area contributed by atoms with Crippen molar-refractivity contribution in [3.8, 4) is 0 Å². The molecule has 0 aromatic carbocycles. The summed E-state index contributed by atoms with van der Waals surface area (Å²) in [6.07, 6.45) is 8.65. The van der Waals surface area contributed by atoms with E-state index in [0.717, 1.165) is 13.0 Å². The molecular formula is C16H28N2. The molecule has 0 saturated carbocycles. The van der Waals surface area contributed by atoms with Crippen molar-refractivity contribution in [1.82, 2.24) is 10.3 Å². The highest BCUT2D eigenvalue weighted by molar-refractivity contribution is 5.27. The summed E-state index contributed by atoms with van der Waals surface area (Å²) in [5.74, 6) is 0.712. The first-order valence-electron chi connectivity index (χ1n) is 7.44. The summed E-state index contributed by atoms with van der Waals surface area (Å²) in [5.41, 5.74) is 2.84. The monoisotopic (exact) mass is 248 g/mol. The number of aryl methyl sites for hydroxylation is 1. The summed E-state index contributed by atoms with van der Waals surface area (Å²) < 4.78 is 0. The third-order valence-electron chi connectivity index (χ3n) is 3.79. The summed E-state index contributed by atoms with van der Waals surface area (Å²) in [4.78, 5) is 4.26. The summed E-state index contributed by atoms with van der Waals surface area (Å²) in [6, 6.07) is 2.68. The molecule has 0 fully saturated rings. The molecule has 1 aromatic heterocycles. The summed E-state index contributed by atoms with van der Waals surface area (Å²) in [5, 5.41) is 3.73. The largest absolute Gasteiger partial charge is 0.310 e. The molecule has 0 aliphatic heterocycles. The SMILES string of the molecule is CCCNC(c1ccncc1CC)C(CC)CC. The predicted molar refractivity (Wildman–Crippen MR) is 78.7 cm³/mol. The number of hydrogen-bond acceptors (Lipinski definition) is 2. The van der Waals surface area contributed by atoms with Crippen LogP contribution in [0.5, 0.6) is 0 Å². The third kappa shape index (κ3) is 3.81. The van der Waals surface area contributed by atoms with E-state index >= 15 is 0 Å². The molecule has 0 radical (unpaired) electrons. The minimum absolute atomic E-state index is 0.484. The first kappa shape index (κ1) is 15.2. The van der Waals surface area contributed by atoms with Gasteiger partial charge in [-0.1, -0.05) is 40.5 Å². The average Bonchev–Trinajstić information content (AvgIpc) is 2.43. The van der Waals surface area contributed by atoms with Gasteiger partial charge in [0.1, 0.15) is 0 Å². The first-order valence-corrected chi connectivity index (χ1v) is 7.44. The number of hydrogen-bond donors (Lipinski definition) is 1. The molecule has 1 N–H and O–H groups in total. The molecule has 102 valence electrons. The molecule has 0 saturated heterocycles. The number of rotatable bonds is 8. The quantitative estimate of drug-likeness (QED) is 0.748. The van der Waals surface area contributed by atoms with Gasteiger partial charge in [0.25, 0.3) is 0 Å². The van der Waals surface area contributed by atoms with Crippen LogP contribution in [0.4, 0.5) is 0 Å². The highest BCUT2D eigenvalue weighted by atomic mass is 14.9. The van der Waals surface area contributed by atoms with Gasteiger partial charge in [-0.2, -0.15) is 0 Å². The third-order valence-corrected chi connectivity index (χ3v) is 3.79. The van der Waals surface area contributed by atoms with Crippen molar-refractivity contribution in [1.29, 1.82) is 0 Å². The average molecular weight is 248 g/mol. The number of aromatic nitrogens is 1. The van der Waals surface area contributed by atoms with Crippen LogP contribution in [0.2, 0.25) is 0 Å². The fraction of sp³-hybridized carbons (Fsp3) is 0.688. The molecule has 2 nitrogen and oxygen atoms in total. The Kier molecular flexibility index (Phi) is 6.96. The second-order valence-electron chi connectivity index (χ2n) is 4.94. The molecule has 0 amide bonds. The zero-order chi connectivity index (χ0) is 13.4. The second kappa shape index (κ2) is 8.25. The van der Waals surface area contributed by atoms with Gasteiger partial charge in [-0.25, -0.2) is 0 Å². The van der Waals surface area contributed by atoms with Crippen LogP contribution in [0.15, 0.2) is 18.5 Å². The van der Waals surface area contributed by atoms with E-state index in [1.54, 1.807) is 0 Å². The Labute approximate surface area is 112 Å². The number of pyridine rings is 1. The highest BCUT2D eigenvalue weighted by Gasteiger charge is 2.21. The van der Waals surface area contributed by atoms with Crippen molar-refractivity contribution in [2.24, 2.45) is 5.92 Å². The van der Waals surface area contributed by atoms with E-state index < -0.39 is 0 Å². The van der Waals surface area contributed by atoms with Crippen LogP contribution in [-0.2, 0) is 6.42 Å². The van der Waals surface area contributed by atoms with E-state index in [4.69, 9.17) is 0 Å². The van der Waals surface area contributed by atoms with Crippen LogP contribution in [0.3, 0.4) is 0 Å². The minimum atomic E-state index is 0.484. The molecule has 1 aromatic rings. The zero-order valence-electron chi connectivity index (χ0n) is 12.4. The molecule has 0 spiro atoms. The molecule has 1 unspecified atom stereocenters. The molecule has 18 heavy (non-hydrogen) atoms. The van der Waals surface area contributed by atoms with E-state index in [0.29, 0.717) is 12.0 Å². The lowest BCUT2D eigenvalue weighted by atomic mass is 9.86. The van der Waals surface area contributed by atoms with Gasteiger partial charge in [0.2, 0.25) is 0 Å². The van der Waals surface area contributed by atoms with Crippen molar-refractivity contribution in [3.05, 3.63) is 29.6 Å². The smallest absolute Gasteiger partial charge is 0.0352 e. The molecule has 0 aliphatic rings. The summed E-state index contributed by atoms with van der Waals surface area (Å²) >= 11 is 0. The van der Waals surface area contributed by atoms with Crippen molar-refractivity contribution < 1.29 is 0 Å². The molecule has 1 atom stereocenters. The Morgan fingerprint density at radius 3 is 2.44 bits per heavy atom. The van der Waals surface area contributed by atoms with Crippen LogP contribution >= 0.6 is 0 Å². The molecule has 0 aliphatic carbocycles. The van der Waals surface area contributed by atoms with Gasteiger partial charge in [-0.3, -0.25) is 4.98 Å². The Morgan fingerprint density at radius 2 is 1.89 bits per heavy atom. The minimum Gasteiger partial charge on any atom is -0.310 e. The Hall–Kier alpha value is -0.890. The van der Waals surface area contributed by atoms with Gasteiger partial charge in [-0.05, 0) is 42.5 Å². The normalized spacial score (nSPS) is 12.9. The van der Waals surface area contributed by atoms with E-state index in [1.807, 2.05) is 12.4 Å². The predicted octanol–water partition coefficient (Wildman–Crippen LogP) is 4.12. The van der Waals surface area contributed by atoms with Crippen LogP contribution in [0.1, 0.15) is 64.1 Å². The summed E-state index contributed by atoms with van der Waals surface area (Å²) in [7, 11) is 0. The standard InChI is InChI=1S/C16H28N2/c1-5-10-18-16(13(6-2)7-3)15-9-11-17-12-14(15)8-4/h9,11-13,16,18H,5-8,10H2,1-4H3. The Balaban J connectivity index is 2.99. The van der Waals surface area contributed by atoms with Crippen LogP contribution < -0.4 is 5.32 Å². The lowest BCUT2D eigenvalue weighted by Gasteiger charge is -2.28. The van der Waals surface area contributed by atoms with Gasteiger partial charge in [0.05, 0.1) is 0 Å². The van der Waals surface area contributed by atoms with Gasteiger partial charge < -0.3 is 5.32 Å². The highest BCUT2D eigenvalue weighted by Crippen LogP contribution is 2.29. The zero-order valence-corrected chi connectivity index (χ0v) is 12.4. The maximum absolute atomic E-state index is 4.26. The van der Waals surface area contributed by atoms with Gasteiger partial charge in [0.15, 0.2) is 0 Å². The molecule has 2 heteroatoms.